The number of phenols is 1. The summed E-state index contributed by atoms with van der Waals surface area (Å²) in [5.74, 6) is 2.54. The summed E-state index contributed by atoms with van der Waals surface area (Å²) >= 11 is 0. The summed E-state index contributed by atoms with van der Waals surface area (Å²) < 4.78 is 17.8. The lowest BCUT2D eigenvalue weighted by atomic mass is 9.92. The first-order valence-electron chi connectivity index (χ1n) is 8.75. The highest BCUT2D eigenvalue weighted by Crippen LogP contribution is 2.49. The second-order valence-electron chi connectivity index (χ2n) is 5.74. The number of hydrogen-bond acceptors (Lipinski definition) is 4. The highest BCUT2D eigenvalue weighted by molar-refractivity contribution is 5.79. The van der Waals surface area contributed by atoms with Crippen molar-refractivity contribution >= 4 is 5.76 Å². The number of phenolic OH excluding ortho intramolecular Hbond substituents is 1. The van der Waals surface area contributed by atoms with E-state index in [0.29, 0.717) is 19.8 Å². The van der Waals surface area contributed by atoms with Gasteiger partial charge in [-0.05, 0) is 50.1 Å². The Morgan fingerprint density at radius 1 is 0.840 bits per heavy atom. The van der Waals surface area contributed by atoms with E-state index in [1.807, 2.05) is 45.0 Å². The van der Waals surface area contributed by atoms with E-state index in [2.05, 4.69) is 6.07 Å². The van der Waals surface area contributed by atoms with Crippen molar-refractivity contribution < 1.29 is 19.3 Å². The molecule has 0 heterocycles. The minimum Gasteiger partial charge on any atom is -0.508 e. The molecule has 3 rings (SSSR count). The van der Waals surface area contributed by atoms with E-state index in [1.165, 1.54) is 0 Å². The van der Waals surface area contributed by atoms with Crippen LogP contribution in [-0.2, 0) is 9.47 Å². The highest BCUT2D eigenvalue weighted by Gasteiger charge is 2.37. The van der Waals surface area contributed by atoms with Gasteiger partial charge in [-0.3, -0.25) is 0 Å². The lowest BCUT2D eigenvalue weighted by Gasteiger charge is -2.17. The number of hydrogen-bond donors (Lipinski definition) is 1. The fourth-order valence-electron chi connectivity index (χ4n) is 3.29. The second-order valence-corrected chi connectivity index (χ2v) is 5.74. The Kier molecular flexibility index (Phi) is 5.17. The number of allylic oxidation sites excluding steroid dienone is 1. The monoisotopic (exact) mass is 340 g/mol. The molecule has 1 aliphatic carbocycles. The van der Waals surface area contributed by atoms with Crippen LogP contribution in [0.5, 0.6) is 11.5 Å². The molecule has 1 atom stereocenters. The smallest absolute Gasteiger partial charge is 0.169 e. The molecule has 0 radical (unpaired) electrons. The number of benzene rings is 2. The van der Waals surface area contributed by atoms with Gasteiger partial charge in [-0.15, -0.1) is 0 Å². The van der Waals surface area contributed by atoms with Gasteiger partial charge in [0.15, 0.2) is 11.5 Å². The summed E-state index contributed by atoms with van der Waals surface area (Å²) in [6, 6.07) is 13.3. The average Bonchev–Trinajstić information content (AvgIpc) is 2.91. The highest BCUT2D eigenvalue weighted by atomic mass is 16.5. The van der Waals surface area contributed by atoms with Gasteiger partial charge in [0.1, 0.15) is 11.5 Å². The van der Waals surface area contributed by atoms with Crippen LogP contribution >= 0.6 is 0 Å². The van der Waals surface area contributed by atoms with E-state index in [9.17, 15) is 5.11 Å². The van der Waals surface area contributed by atoms with Gasteiger partial charge in [-0.1, -0.05) is 24.3 Å². The molecule has 0 amide bonds. The van der Waals surface area contributed by atoms with Gasteiger partial charge < -0.3 is 19.3 Å². The van der Waals surface area contributed by atoms with Crippen molar-refractivity contribution in [3.8, 4) is 11.5 Å². The standard InChI is InChI=1S/C21H24O4/c1-4-23-17-9-7-8-16-18(14-10-12-15(22)13-11-14)20(24-5-2)21(19(16)17)25-6-3/h7-13,18,22H,4-6H2,1-3H3. The maximum Gasteiger partial charge on any atom is 0.169 e. The Balaban J connectivity index is 2.20. The molecule has 0 fully saturated rings. The minimum absolute atomic E-state index is 0.0718. The van der Waals surface area contributed by atoms with Gasteiger partial charge in [0, 0.05) is 0 Å². The number of aromatic hydroxyl groups is 1. The first-order valence-corrected chi connectivity index (χ1v) is 8.75. The zero-order valence-corrected chi connectivity index (χ0v) is 14.9. The van der Waals surface area contributed by atoms with Gasteiger partial charge >= 0.3 is 0 Å². The molecule has 1 N–H and O–H groups in total. The molecule has 0 saturated carbocycles. The number of ether oxygens (including phenoxy) is 3. The molecular weight excluding hydrogens is 316 g/mol. The third-order valence-electron chi connectivity index (χ3n) is 4.20. The normalized spacial score (nSPS) is 15.9. The van der Waals surface area contributed by atoms with Crippen molar-refractivity contribution in [3.05, 3.63) is 64.9 Å². The van der Waals surface area contributed by atoms with Gasteiger partial charge in [0.2, 0.25) is 0 Å². The van der Waals surface area contributed by atoms with Crippen LogP contribution in [-0.4, -0.2) is 24.9 Å². The Morgan fingerprint density at radius 3 is 2.16 bits per heavy atom. The molecule has 4 heteroatoms. The fourth-order valence-corrected chi connectivity index (χ4v) is 3.29. The van der Waals surface area contributed by atoms with Crippen molar-refractivity contribution in [2.24, 2.45) is 0 Å². The minimum atomic E-state index is -0.0718. The van der Waals surface area contributed by atoms with Crippen LogP contribution in [0.2, 0.25) is 0 Å². The molecule has 1 aliphatic rings. The van der Waals surface area contributed by atoms with Crippen LogP contribution in [0.1, 0.15) is 43.4 Å². The maximum atomic E-state index is 9.63. The third-order valence-corrected chi connectivity index (χ3v) is 4.20. The molecule has 4 nitrogen and oxygen atoms in total. The van der Waals surface area contributed by atoms with E-state index >= 15 is 0 Å². The van der Waals surface area contributed by atoms with E-state index in [4.69, 9.17) is 14.2 Å². The predicted octanol–water partition coefficient (Wildman–Crippen LogP) is 4.68. The molecular formula is C21H24O4. The van der Waals surface area contributed by atoms with E-state index in [0.717, 1.165) is 34.0 Å². The summed E-state index contributed by atoms with van der Waals surface area (Å²) in [5, 5.41) is 9.63. The summed E-state index contributed by atoms with van der Waals surface area (Å²) in [7, 11) is 0. The van der Waals surface area contributed by atoms with E-state index < -0.39 is 0 Å². The van der Waals surface area contributed by atoms with Gasteiger partial charge in [0.25, 0.3) is 0 Å². The van der Waals surface area contributed by atoms with Crippen molar-refractivity contribution in [2.45, 2.75) is 26.7 Å². The van der Waals surface area contributed by atoms with Crippen LogP contribution in [0.4, 0.5) is 0 Å². The Bertz CT molecular complexity index is 762. The van der Waals surface area contributed by atoms with Gasteiger partial charge in [-0.25, -0.2) is 0 Å². The molecule has 0 bridgehead atoms. The van der Waals surface area contributed by atoms with Crippen LogP contribution < -0.4 is 4.74 Å². The summed E-state index contributed by atoms with van der Waals surface area (Å²) in [5.41, 5.74) is 3.11. The predicted molar refractivity (Wildman–Crippen MR) is 97.7 cm³/mol. The summed E-state index contributed by atoms with van der Waals surface area (Å²) in [6.45, 7) is 7.60. The molecule has 0 aromatic heterocycles. The summed E-state index contributed by atoms with van der Waals surface area (Å²) in [4.78, 5) is 0. The average molecular weight is 340 g/mol. The quantitative estimate of drug-likeness (QED) is 0.795. The largest absolute Gasteiger partial charge is 0.508 e. The van der Waals surface area contributed by atoms with Crippen molar-refractivity contribution in [3.63, 3.8) is 0 Å². The van der Waals surface area contributed by atoms with Crippen LogP contribution in [0.25, 0.3) is 5.76 Å². The van der Waals surface area contributed by atoms with E-state index in [1.54, 1.807) is 12.1 Å². The van der Waals surface area contributed by atoms with Crippen LogP contribution in [0.15, 0.2) is 48.2 Å². The molecule has 0 saturated heterocycles. The third kappa shape index (κ3) is 3.16. The van der Waals surface area contributed by atoms with Crippen molar-refractivity contribution in [1.82, 2.24) is 0 Å². The molecule has 132 valence electrons. The summed E-state index contributed by atoms with van der Waals surface area (Å²) in [6.07, 6.45) is 0. The van der Waals surface area contributed by atoms with Gasteiger partial charge in [0.05, 0.1) is 31.3 Å². The lowest BCUT2D eigenvalue weighted by Crippen LogP contribution is -2.05. The maximum absolute atomic E-state index is 9.63. The Morgan fingerprint density at radius 2 is 1.52 bits per heavy atom. The van der Waals surface area contributed by atoms with Crippen LogP contribution in [0, 0.1) is 0 Å². The molecule has 2 aromatic rings. The molecule has 25 heavy (non-hydrogen) atoms. The topological polar surface area (TPSA) is 47.9 Å². The lowest BCUT2D eigenvalue weighted by molar-refractivity contribution is 0.198. The first kappa shape index (κ1) is 17.2. The number of fused-ring (bicyclic) bond motifs is 1. The number of rotatable bonds is 7. The first-order chi connectivity index (χ1) is 12.2. The zero-order chi connectivity index (χ0) is 17.8. The molecule has 1 unspecified atom stereocenters. The van der Waals surface area contributed by atoms with Crippen molar-refractivity contribution in [2.75, 3.05) is 19.8 Å². The zero-order valence-electron chi connectivity index (χ0n) is 14.9. The van der Waals surface area contributed by atoms with Gasteiger partial charge in [-0.2, -0.15) is 0 Å². The van der Waals surface area contributed by atoms with Crippen LogP contribution in [0.3, 0.4) is 0 Å². The molecule has 2 aromatic carbocycles. The second kappa shape index (κ2) is 7.51. The van der Waals surface area contributed by atoms with E-state index in [-0.39, 0.29) is 11.7 Å². The Hall–Kier alpha value is -2.62. The SMILES string of the molecule is CCOC1=C(OCC)C(c2ccc(O)cc2)c2cccc(OCC)c21. The molecule has 0 spiro atoms. The Labute approximate surface area is 148 Å². The fraction of sp³-hybridized carbons (Fsp3) is 0.333. The molecule has 0 aliphatic heterocycles. The van der Waals surface area contributed by atoms with Crippen molar-refractivity contribution in [1.29, 1.82) is 0 Å².